The van der Waals surface area contributed by atoms with Crippen LogP contribution in [0.15, 0.2) is 0 Å². The van der Waals surface area contributed by atoms with Crippen molar-refractivity contribution in [3.8, 4) is 0 Å². The highest BCUT2D eigenvalue weighted by Crippen LogP contribution is 2.68. The van der Waals surface area contributed by atoms with Crippen LogP contribution in [-0.4, -0.2) is 0 Å². The summed E-state index contributed by atoms with van der Waals surface area (Å²) >= 11 is 0. The van der Waals surface area contributed by atoms with Gasteiger partial charge in [0.25, 0.3) is 0 Å². The van der Waals surface area contributed by atoms with E-state index in [0.29, 0.717) is 0 Å². The van der Waals surface area contributed by atoms with Crippen LogP contribution in [0.1, 0.15) is 80.1 Å². The summed E-state index contributed by atoms with van der Waals surface area (Å²) < 4.78 is 0. The standard InChI is InChI=1S/C28H46/c1-13-7-25-19(15(13)3)9-23-17(5)21(11-27(23)25)22-12-28-24(18(22)6)10-20-16(4)14(2)8-26(20)28/h13-28H,7-12H2,1-6H3. The van der Waals surface area contributed by atoms with Gasteiger partial charge in [0.1, 0.15) is 0 Å². The smallest absolute Gasteiger partial charge is 0.0349 e. The largest absolute Gasteiger partial charge is 0.0622 e. The van der Waals surface area contributed by atoms with Crippen LogP contribution in [0.4, 0.5) is 0 Å². The van der Waals surface area contributed by atoms with Crippen LogP contribution in [0, 0.1) is 94.7 Å². The zero-order chi connectivity index (χ0) is 19.5. The van der Waals surface area contributed by atoms with E-state index in [-0.39, 0.29) is 0 Å². The van der Waals surface area contributed by atoms with E-state index >= 15 is 0 Å². The molecule has 0 aromatic carbocycles. The van der Waals surface area contributed by atoms with Gasteiger partial charge >= 0.3 is 0 Å². The molecule has 6 fully saturated rings. The number of hydrogen-bond donors (Lipinski definition) is 0. The maximum atomic E-state index is 2.70. The Bertz CT molecular complexity index is 568. The molecule has 0 amide bonds. The minimum absolute atomic E-state index is 0.998. The highest BCUT2D eigenvalue weighted by Gasteiger charge is 2.61. The molecule has 158 valence electrons. The second-order valence-corrected chi connectivity index (χ2v) is 13.4. The van der Waals surface area contributed by atoms with Crippen LogP contribution in [-0.2, 0) is 0 Å². The van der Waals surface area contributed by atoms with Crippen LogP contribution in [0.25, 0.3) is 0 Å². The summed E-state index contributed by atoms with van der Waals surface area (Å²) in [7, 11) is 0. The Morgan fingerprint density at radius 1 is 0.286 bits per heavy atom. The second-order valence-electron chi connectivity index (χ2n) is 13.4. The van der Waals surface area contributed by atoms with Crippen LogP contribution in [0.2, 0.25) is 0 Å². The van der Waals surface area contributed by atoms with Gasteiger partial charge in [0.05, 0.1) is 0 Å². The average molecular weight is 383 g/mol. The van der Waals surface area contributed by atoms with E-state index in [1.807, 2.05) is 0 Å². The molecular formula is C28H46. The molecule has 0 bridgehead atoms. The quantitative estimate of drug-likeness (QED) is 0.443. The molecule has 0 N–H and O–H groups in total. The third-order valence-electron chi connectivity index (χ3n) is 13.2. The molecule has 16 atom stereocenters. The molecular weight excluding hydrogens is 336 g/mol. The Kier molecular flexibility index (Phi) is 4.19. The van der Waals surface area contributed by atoms with Gasteiger partial charge in [-0.1, -0.05) is 41.5 Å². The Morgan fingerprint density at radius 3 is 0.929 bits per heavy atom. The summed E-state index contributed by atoms with van der Waals surface area (Å²) in [5, 5.41) is 0. The van der Waals surface area contributed by atoms with Gasteiger partial charge in [0.2, 0.25) is 0 Å². The molecule has 0 heterocycles. The van der Waals surface area contributed by atoms with Crippen molar-refractivity contribution >= 4 is 0 Å². The highest BCUT2D eigenvalue weighted by molar-refractivity contribution is 5.10. The van der Waals surface area contributed by atoms with Crippen molar-refractivity contribution in [3.05, 3.63) is 0 Å². The number of rotatable bonds is 1. The molecule has 16 unspecified atom stereocenters. The molecule has 6 saturated carbocycles. The first kappa shape index (κ1) is 18.7. The summed E-state index contributed by atoms with van der Waals surface area (Å²) in [6.45, 7) is 15.7. The van der Waals surface area contributed by atoms with E-state index in [2.05, 4.69) is 41.5 Å². The van der Waals surface area contributed by atoms with E-state index in [1.54, 1.807) is 38.5 Å². The van der Waals surface area contributed by atoms with Crippen LogP contribution in [0.5, 0.6) is 0 Å². The lowest BCUT2D eigenvalue weighted by Crippen LogP contribution is -2.25. The monoisotopic (exact) mass is 382 g/mol. The predicted octanol–water partition coefficient (Wildman–Crippen LogP) is 7.39. The summed E-state index contributed by atoms with van der Waals surface area (Å²) in [5.41, 5.74) is 0. The topological polar surface area (TPSA) is 0 Å². The Balaban J connectivity index is 1.19. The molecule has 0 aromatic rings. The van der Waals surface area contributed by atoms with Crippen LogP contribution >= 0.6 is 0 Å². The molecule has 6 rings (SSSR count). The van der Waals surface area contributed by atoms with Crippen molar-refractivity contribution < 1.29 is 0 Å². The minimum Gasteiger partial charge on any atom is -0.0622 e. The second kappa shape index (κ2) is 6.26. The fourth-order valence-electron chi connectivity index (χ4n) is 11.4. The summed E-state index contributed by atoms with van der Waals surface area (Å²) in [4.78, 5) is 0. The lowest BCUT2D eigenvalue weighted by molar-refractivity contribution is 0.165. The summed E-state index contributed by atoms with van der Waals surface area (Å²) in [6.07, 6.45) is 9.59. The van der Waals surface area contributed by atoms with Gasteiger partial charge in [0.15, 0.2) is 0 Å². The fraction of sp³-hybridized carbons (Fsp3) is 1.00. The van der Waals surface area contributed by atoms with Gasteiger partial charge in [-0.05, 0) is 133 Å². The molecule has 0 saturated heterocycles. The van der Waals surface area contributed by atoms with Crippen molar-refractivity contribution in [3.63, 3.8) is 0 Å². The molecule has 6 aliphatic rings. The van der Waals surface area contributed by atoms with Gasteiger partial charge in [-0.2, -0.15) is 0 Å². The molecule has 0 aromatic heterocycles. The molecule has 0 spiro atoms. The summed E-state index contributed by atoms with van der Waals surface area (Å²) in [6, 6.07) is 0. The Hall–Kier alpha value is 0. The highest BCUT2D eigenvalue weighted by atomic mass is 14.7. The third-order valence-corrected chi connectivity index (χ3v) is 13.2. The fourth-order valence-corrected chi connectivity index (χ4v) is 11.4. The van der Waals surface area contributed by atoms with E-state index in [0.717, 1.165) is 94.7 Å². The van der Waals surface area contributed by atoms with Crippen molar-refractivity contribution in [2.24, 2.45) is 94.7 Å². The molecule has 6 aliphatic carbocycles. The number of fused-ring (bicyclic) bond motifs is 6. The van der Waals surface area contributed by atoms with Gasteiger partial charge in [-0.15, -0.1) is 0 Å². The predicted molar refractivity (Wildman–Crippen MR) is 118 cm³/mol. The summed E-state index contributed by atoms with van der Waals surface area (Å²) in [5.74, 6) is 17.1. The zero-order valence-electron chi connectivity index (χ0n) is 19.5. The lowest BCUT2D eigenvalue weighted by Gasteiger charge is -2.32. The first-order valence-electron chi connectivity index (χ1n) is 13.4. The molecule has 0 heteroatoms. The van der Waals surface area contributed by atoms with E-state index in [4.69, 9.17) is 0 Å². The van der Waals surface area contributed by atoms with Gasteiger partial charge in [-0.25, -0.2) is 0 Å². The van der Waals surface area contributed by atoms with Gasteiger partial charge in [0, 0.05) is 0 Å². The third kappa shape index (κ3) is 2.30. The molecule has 0 radical (unpaired) electrons. The SMILES string of the molecule is CC1CC2C(CC3C(C)C(C4CC5C(CC6C(C)C(C)CC65)C4C)CC32)C1C. The molecule has 0 nitrogen and oxygen atoms in total. The average Bonchev–Trinajstić information content (AvgIpc) is 3.44. The molecule has 28 heavy (non-hydrogen) atoms. The van der Waals surface area contributed by atoms with Crippen molar-refractivity contribution in [1.29, 1.82) is 0 Å². The van der Waals surface area contributed by atoms with Crippen LogP contribution in [0.3, 0.4) is 0 Å². The lowest BCUT2D eigenvalue weighted by atomic mass is 9.73. The number of hydrogen-bond acceptors (Lipinski definition) is 0. The zero-order valence-corrected chi connectivity index (χ0v) is 19.5. The van der Waals surface area contributed by atoms with Crippen molar-refractivity contribution in [2.75, 3.05) is 0 Å². The van der Waals surface area contributed by atoms with Gasteiger partial charge in [-0.3, -0.25) is 0 Å². The van der Waals surface area contributed by atoms with Gasteiger partial charge < -0.3 is 0 Å². The van der Waals surface area contributed by atoms with Crippen LogP contribution < -0.4 is 0 Å². The Morgan fingerprint density at radius 2 is 0.536 bits per heavy atom. The van der Waals surface area contributed by atoms with E-state index < -0.39 is 0 Å². The maximum Gasteiger partial charge on any atom is -0.0349 e. The van der Waals surface area contributed by atoms with E-state index in [9.17, 15) is 0 Å². The van der Waals surface area contributed by atoms with E-state index in [1.165, 1.54) is 0 Å². The first-order chi connectivity index (χ1) is 13.4. The minimum atomic E-state index is 0.998. The normalized spacial score (nSPS) is 67.5. The van der Waals surface area contributed by atoms with Crippen molar-refractivity contribution in [1.82, 2.24) is 0 Å². The van der Waals surface area contributed by atoms with Crippen molar-refractivity contribution in [2.45, 2.75) is 80.1 Å². The first-order valence-corrected chi connectivity index (χ1v) is 13.4. The molecule has 0 aliphatic heterocycles. The Labute approximate surface area is 175 Å². The maximum absolute atomic E-state index is 2.70.